The Morgan fingerprint density at radius 2 is 2.11 bits per heavy atom. The molecule has 3 heteroatoms. The van der Waals surface area contributed by atoms with Crippen molar-refractivity contribution < 1.29 is 9.53 Å². The van der Waals surface area contributed by atoms with Gasteiger partial charge in [-0.2, -0.15) is 0 Å². The maximum Gasteiger partial charge on any atom is 0.129 e. The minimum atomic E-state index is 0.261. The molecule has 1 rings (SSSR count). The second-order valence-electron chi connectivity index (χ2n) is 4.86. The predicted molar refractivity (Wildman–Crippen MR) is 74.0 cm³/mol. The van der Waals surface area contributed by atoms with Crippen LogP contribution >= 0.6 is 0 Å². The molecule has 3 nitrogen and oxygen atoms in total. The van der Waals surface area contributed by atoms with Gasteiger partial charge in [-0.25, -0.2) is 0 Å². The van der Waals surface area contributed by atoms with E-state index in [1.165, 1.54) is 11.1 Å². The zero-order valence-electron chi connectivity index (χ0n) is 11.8. The molecule has 0 heterocycles. The van der Waals surface area contributed by atoms with Crippen molar-refractivity contribution in [3.05, 3.63) is 29.3 Å². The molecule has 0 aliphatic heterocycles. The molecule has 0 aliphatic rings. The minimum absolute atomic E-state index is 0.261. The molecule has 0 fully saturated rings. The molecule has 0 amide bonds. The second-order valence-corrected chi connectivity index (χ2v) is 4.86. The lowest BCUT2D eigenvalue weighted by molar-refractivity contribution is -0.117. The molecular formula is C15H23NO2. The molecule has 0 aromatic heterocycles. The van der Waals surface area contributed by atoms with Crippen molar-refractivity contribution in [3.8, 4) is 5.75 Å². The van der Waals surface area contributed by atoms with E-state index < -0.39 is 0 Å². The Morgan fingerprint density at radius 3 is 2.72 bits per heavy atom. The Hall–Kier alpha value is -1.35. The highest BCUT2D eigenvalue weighted by atomic mass is 16.5. The van der Waals surface area contributed by atoms with Crippen molar-refractivity contribution in [1.29, 1.82) is 0 Å². The molecule has 0 atom stereocenters. The topological polar surface area (TPSA) is 29.5 Å². The lowest BCUT2D eigenvalue weighted by atomic mass is 10.1. The average molecular weight is 249 g/mol. The van der Waals surface area contributed by atoms with Crippen LogP contribution in [0.1, 0.15) is 30.9 Å². The van der Waals surface area contributed by atoms with E-state index in [-0.39, 0.29) is 5.78 Å². The fourth-order valence-electron chi connectivity index (χ4n) is 2.00. The van der Waals surface area contributed by atoms with Gasteiger partial charge in [0, 0.05) is 18.5 Å². The summed E-state index contributed by atoms with van der Waals surface area (Å²) in [5.41, 5.74) is 2.44. The standard InChI is InChI=1S/C15H23NO2/c1-12-7-8-15(18-4)14(10-12)11-16(3)9-5-6-13(2)17/h7-8,10H,5-6,9,11H2,1-4H3. The van der Waals surface area contributed by atoms with Gasteiger partial charge in [0.2, 0.25) is 0 Å². The molecule has 18 heavy (non-hydrogen) atoms. The molecule has 0 spiro atoms. The van der Waals surface area contributed by atoms with Gasteiger partial charge in [-0.1, -0.05) is 17.7 Å². The van der Waals surface area contributed by atoms with Gasteiger partial charge in [0.15, 0.2) is 0 Å². The normalized spacial score (nSPS) is 10.7. The van der Waals surface area contributed by atoms with Crippen LogP contribution in [-0.2, 0) is 11.3 Å². The summed E-state index contributed by atoms with van der Waals surface area (Å²) in [6.07, 6.45) is 1.58. The first kappa shape index (κ1) is 14.7. The number of ether oxygens (including phenoxy) is 1. The van der Waals surface area contributed by atoms with Crippen LogP contribution in [0, 0.1) is 6.92 Å². The summed E-state index contributed by atoms with van der Waals surface area (Å²) < 4.78 is 5.36. The van der Waals surface area contributed by atoms with Gasteiger partial charge in [-0.15, -0.1) is 0 Å². The number of rotatable bonds is 7. The third-order valence-corrected chi connectivity index (χ3v) is 2.94. The number of nitrogens with zero attached hydrogens (tertiary/aromatic N) is 1. The number of hydrogen-bond donors (Lipinski definition) is 0. The molecule has 1 aromatic carbocycles. The van der Waals surface area contributed by atoms with E-state index in [1.807, 2.05) is 6.07 Å². The SMILES string of the molecule is COc1ccc(C)cc1CN(C)CCCC(C)=O. The number of ketones is 1. The fourth-order valence-corrected chi connectivity index (χ4v) is 2.00. The van der Waals surface area contributed by atoms with E-state index in [2.05, 4.69) is 31.0 Å². The first-order valence-electron chi connectivity index (χ1n) is 6.34. The highest BCUT2D eigenvalue weighted by Gasteiger charge is 2.07. The molecule has 100 valence electrons. The van der Waals surface area contributed by atoms with Crippen molar-refractivity contribution in [3.63, 3.8) is 0 Å². The zero-order valence-corrected chi connectivity index (χ0v) is 11.8. The number of benzene rings is 1. The number of hydrogen-bond acceptors (Lipinski definition) is 3. The Balaban J connectivity index is 2.55. The van der Waals surface area contributed by atoms with Gasteiger partial charge in [0.25, 0.3) is 0 Å². The monoisotopic (exact) mass is 249 g/mol. The average Bonchev–Trinajstić information content (AvgIpc) is 2.28. The maximum atomic E-state index is 10.9. The highest BCUT2D eigenvalue weighted by Crippen LogP contribution is 2.21. The molecule has 1 aromatic rings. The number of carbonyl (C=O) groups is 1. The van der Waals surface area contributed by atoms with Crippen molar-refractivity contribution in [2.45, 2.75) is 33.2 Å². The summed E-state index contributed by atoms with van der Waals surface area (Å²) in [7, 11) is 3.77. The Morgan fingerprint density at radius 1 is 1.39 bits per heavy atom. The van der Waals surface area contributed by atoms with Crippen LogP contribution in [0.5, 0.6) is 5.75 Å². The van der Waals surface area contributed by atoms with Crippen LogP contribution in [0.3, 0.4) is 0 Å². The lowest BCUT2D eigenvalue weighted by Crippen LogP contribution is -2.20. The van der Waals surface area contributed by atoms with E-state index in [1.54, 1.807) is 14.0 Å². The molecule has 0 saturated carbocycles. The molecule has 0 N–H and O–H groups in total. The first-order chi connectivity index (χ1) is 8.52. The molecule has 0 aliphatic carbocycles. The first-order valence-corrected chi connectivity index (χ1v) is 6.34. The predicted octanol–water partition coefficient (Wildman–Crippen LogP) is 2.80. The summed E-state index contributed by atoms with van der Waals surface area (Å²) in [5, 5.41) is 0. The fraction of sp³-hybridized carbons (Fsp3) is 0.533. The van der Waals surface area contributed by atoms with Crippen molar-refractivity contribution in [2.24, 2.45) is 0 Å². The van der Waals surface area contributed by atoms with Crippen LogP contribution in [0.4, 0.5) is 0 Å². The van der Waals surface area contributed by atoms with Crippen molar-refractivity contribution >= 4 is 5.78 Å². The number of methoxy groups -OCH3 is 1. The van der Waals surface area contributed by atoms with Gasteiger partial charge in [-0.05, 0) is 39.9 Å². The van der Waals surface area contributed by atoms with E-state index in [0.717, 1.165) is 25.3 Å². The third-order valence-electron chi connectivity index (χ3n) is 2.94. The van der Waals surface area contributed by atoms with Gasteiger partial charge in [0.05, 0.1) is 7.11 Å². The third kappa shape index (κ3) is 4.88. The van der Waals surface area contributed by atoms with E-state index in [9.17, 15) is 4.79 Å². The Bertz CT molecular complexity index is 401. The second kappa shape index (κ2) is 7.17. The van der Waals surface area contributed by atoms with Crippen molar-refractivity contribution in [2.75, 3.05) is 20.7 Å². The van der Waals surface area contributed by atoms with Crippen LogP contribution in [-0.4, -0.2) is 31.4 Å². The summed E-state index contributed by atoms with van der Waals surface area (Å²) in [6, 6.07) is 6.21. The van der Waals surface area contributed by atoms with Gasteiger partial charge < -0.3 is 14.4 Å². The molecule has 0 unspecified atom stereocenters. The quantitative estimate of drug-likeness (QED) is 0.744. The highest BCUT2D eigenvalue weighted by molar-refractivity contribution is 5.75. The maximum absolute atomic E-state index is 10.9. The molecule has 0 saturated heterocycles. The minimum Gasteiger partial charge on any atom is -0.496 e. The summed E-state index contributed by atoms with van der Waals surface area (Å²) in [4.78, 5) is 13.1. The van der Waals surface area contributed by atoms with Gasteiger partial charge >= 0.3 is 0 Å². The largest absolute Gasteiger partial charge is 0.496 e. The Kier molecular flexibility index (Phi) is 5.86. The summed E-state index contributed by atoms with van der Waals surface area (Å²) >= 11 is 0. The van der Waals surface area contributed by atoms with Gasteiger partial charge in [0.1, 0.15) is 11.5 Å². The summed E-state index contributed by atoms with van der Waals surface area (Å²) in [6.45, 7) is 5.50. The van der Waals surface area contributed by atoms with Crippen LogP contribution in [0.15, 0.2) is 18.2 Å². The molecule has 0 bridgehead atoms. The van der Waals surface area contributed by atoms with Gasteiger partial charge in [-0.3, -0.25) is 0 Å². The summed E-state index contributed by atoms with van der Waals surface area (Å²) in [5.74, 6) is 1.19. The van der Waals surface area contributed by atoms with E-state index in [4.69, 9.17) is 4.74 Å². The van der Waals surface area contributed by atoms with Crippen LogP contribution < -0.4 is 4.74 Å². The smallest absolute Gasteiger partial charge is 0.129 e. The van der Waals surface area contributed by atoms with E-state index >= 15 is 0 Å². The number of carbonyl (C=O) groups excluding carboxylic acids is 1. The molecular weight excluding hydrogens is 226 g/mol. The van der Waals surface area contributed by atoms with Crippen molar-refractivity contribution in [1.82, 2.24) is 4.90 Å². The number of aryl methyl sites for hydroxylation is 1. The Labute approximate surface area is 110 Å². The lowest BCUT2D eigenvalue weighted by Gasteiger charge is -2.18. The number of Topliss-reactive ketones (excluding diaryl/α,β-unsaturated/α-hetero) is 1. The van der Waals surface area contributed by atoms with Crippen LogP contribution in [0.25, 0.3) is 0 Å². The van der Waals surface area contributed by atoms with E-state index in [0.29, 0.717) is 6.42 Å². The zero-order chi connectivity index (χ0) is 13.5. The molecule has 0 radical (unpaired) electrons. The van der Waals surface area contributed by atoms with Crippen LogP contribution in [0.2, 0.25) is 0 Å².